The van der Waals surface area contributed by atoms with Crippen LogP contribution in [0, 0.1) is 12.3 Å². The van der Waals surface area contributed by atoms with Crippen LogP contribution in [0.5, 0.6) is 17.2 Å². The molecule has 0 aromatic heterocycles. The summed E-state index contributed by atoms with van der Waals surface area (Å²) in [6.07, 6.45) is 6.61. The first-order valence-electron chi connectivity index (χ1n) is 8.56. The molecule has 0 spiro atoms. The number of hydrogen-bond donors (Lipinski definition) is 2. The Kier molecular flexibility index (Phi) is 8.08. The fourth-order valence-corrected chi connectivity index (χ4v) is 2.31. The molecule has 2 N–H and O–H groups in total. The number of nitrogens with one attached hydrogen (secondary N) is 2. The Morgan fingerprint density at radius 3 is 2.59 bits per heavy atom. The zero-order valence-electron chi connectivity index (χ0n) is 16.1. The van der Waals surface area contributed by atoms with E-state index in [1.807, 2.05) is 0 Å². The Hall–Kier alpha value is -3.99. The number of para-hydroxylation sites is 1. The highest BCUT2D eigenvalue weighted by Gasteiger charge is 2.12. The molecule has 0 aliphatic carbocycles. The molecular formula is C21H21N3O5. The maximum absolute atomic E-state index is 12.2. The molecule has 8 heteroatoms. The average Bonchev–Trinajstić information content (AvgIpc) is 2.76. The van der Waals surface area contributed by atoms with E-state index in [1.54, 1.807) is 42.5 Å². The molecule has 0 aliphatic rings. The summed E-state index contributed by atoms with van der Waals surface area (Å²) in [5.41, 5.74) is 3.35. The predicted molar refractivity (Wildman–Crippen MR) is 108 cm³/mol. The van der Waals surface area contributed by atoms with Gasteiger partial charge >= 0.3 is 0 Å². The molecule has 2 amide bonds. The summed E-state index contributed by atoms with van der Waals surface area (Å²) in [6, 6.07) is 11.8. The smallest absolute Gasteiger partial charge is 0.259 e. The van der Waals surface area contributed by atoms with Crippen molar-refractivity contribution < 1.29 is 23.8 Å². The van der Waals surface area contributed by atoms with Gasteiger partial charge in [-0.25, -0.2) is 5.43 Å². The maximum Gasteiger partial charge on any atom is 0.259 e. The molecule has 0 bridgehead atoms. The lowest BCUT2D eigenvalue weighted by atomic mass is 10.2. The molecule has 29 heavy (non-hydrogen) atoms. The normalized spacial score (nSPS) is 10.1. The van der Waals surface area contributed by atoms with Gasteiger partial charge in [-0.05, 0) is 35.9 Å². The third-order valence-corrected chi connectivity index (χ3v) is 3.66. The second-order valence-corrected chi connectivity index (χ2v) is 5.58. The first-order chi connectivity index (χ1) is 14.1. The fourth-order valence-electron chi connectivity index (χ4n) is 2.31. The highest BCUT2D eigenvalue weighted by molar-refractivity contribution is 5.98. The number of terminal acetylenes is 1. The number of amides is 2. The first-order valence-corrected chi connectivity index (χ1v) is 8.56. The van der Waals surface area contributed by atoms with Gasteiger partial charge in [0.15, 0.2) is 11.5 Å². The summed E-state index contributed by atoms with van der Waals surface area (Å²) in [4.78, 5) is 24.0. The lowest BCUT2D eigenvalue weighted by molar-refractivity contribution is -0.120. The summed E-state index contributed by atoms with van der Waals surface area (Å²) in [5.74, 6) is 2.89. The molecule has 2 aromatic carbocycles. The highest BCUT2D eigenvalue weighted by Crippen LogP contribution is 2.27. The van der Waals surface area contributed by atoms with E-state index in [4.69, 9.17) is 20.6 Å². The summed E-state index contributed by atoms with van der Waals surface area (Å²) in [5, 5.41) is 6.37. The van der Waals surface area contributed by atoms with Crippen LogP contribution in [0.4, 0.5) is 0 Å². The Morgan fingerprint density at radius 2 is 1.86 bits per heavy atom. The summed E-state index contributed by atoms with van der Waals surface area (Å²) >= 11 is 0. The van der Waals surface area contributed by atoms with Crippen LogP contribution in [-0.4, -0.2) is 45.4 Å². The van der Waals surface area contributed by atoms with Gasteiger partial charge in [-0.15, -0.1) is 6.42 Å². The van der Waals surface area contributed by atoms with E-state index in [-0.39, 0.29) is 13.2 Å². The van der Waals surface area contributed by atoms with E-state index in [1.165, 1.54) is 20.4 Å². The average molecular weight is 395 g/mol. The number of nitrogens with zero attached hydrogens (tertiary/aromatic N) is 1. The Labute approximate surface area is 168 Å². The number of carbonyl (C=O) groups excluding carboxylic acids is 2. The third-order valence-electron chi connectivity index (χ3n) is 3.66. The Morgan fingerprint density at radius 1 is 1.10 bits per heavy atom. The SMILES string of the molecule is C#CCOc1ccc(C=NNC(=O)CNC(=O)c2ccccc2OC)cc1OC. The van der Waals surface area contributed by atoms with Gasteiger partial charge in [-0.1, -0.05) is 18.1 Å². The predicted octanol–water partition coefficient (Wildman–Crippen LogP) is 1.60. The van der Waals surface area contributed by atoms with Gasteiger partial charge in [0.05, 0.1) is 32.5 Å². The van der Waals surface area contributed by atoms with Crippen LogP contribution in [0.2, 0.25) is 0 Å². The van der Waals surface area contributed by atoms with Crippen LogP contribution in [0.1, 0.15) is 15.9 Å². The number of ether oxygens (including phenoxy) is 3. The lowest BCUT2D eigenvalue weighted by Crippen LogP contribution is -2.35. The number of benzene rings is 2. The van der Waals surface area contributed by atoms with Crippen LogP contribution < -0.4 is 25.0 Å². The summed E-state index contributed by atoms with van der Waals surface area (Å²) in [7, 11) is 2.97. The highest BCUT2D eigenvalue weighted by atomic mass is 16.5. The van der Waals surface area contributed by atoms with Gasteiger partial charge in [0.2, 0.25) is 0 Å². The van der Waals surface area contributed by atoms with Crippen molar-refractivity contribution in [2.24, 2.45) is 5.10 Å². The van der Waals surface area contributed by atoms with E-state index >= 15 is 0 Å². The standard InChI is InChI=1S/C21H21N3O5/c1-4-11-29-18-10-9-15(12-19(18)28-3)13-23-24-20(25)14-22-21(26)16-7-5-6-8-17(16)27-2/h1,5-10,12-13H,11,14H2,2-3H3,(H,22,26)(H,24,25). The van der Waals surface area contributed by atoms with Crippen LogP contribution in [0.25, 0.3) is 0 Å². The Balaban J connectivity index is 1.88. The molecular weight excluding hydrogens is 374 g/mol. The second-order valence-electron chi connectivity index (χ2n) is 5.58. The molecule has 0 atom stereocenters. The van der Waals surface area contributed by atoms with Gasteiger partial charge in [0.1, 0.15) is 12.4 Å². The maximum atomic E-state index is 12.2. The van der Waals surface area contributed by atoms with Crippen molar-refractivity contribution in [3.63, 3.8) is 0 Å². The quantitative estimate of drug-likeness (QED) is 0.382. The minimum Gasteiger partial charge on any atom is -0.496 e. The third kappa shape index (κ3) is 6.29. The van der Waals surface area contributed by atoms with Crippen molar-refractivity contribution in [1.82, 2.24) is 10.7 Å². The number of hydrogen-bond acceptors (Lipinski definition) is 6. The van der Waals surface area contributed by atoms with Crippen molar-refractivity contribution in [2.75, 3.05) is 27.4 Å². The zero-order chi connectivity index (χ0) is 21.1. The topological polar surface area (TPSA) is 98.2 Å². The van der Waals surface area contributed by atoms with E-state index in [9.17, 15) is 9.59 Å². The molecule has 0 aliphatic heterocycles. The fraction of sp³-hybridized carbons (Fsp3) is 0.190. The van der Waals surface area contributed by atoms with E-state index < -0.39 is 11.8 Å². The van der Waals surface area contributed by atoms with Crippen LogP contribution in [0.3, 0.4) is 0 Å². The van der Waals surface area contributed by atoms with Crippen molar-refractivity contribution in [1.29, 1.82) is 0 Å². The van der Waals surface area contributed by atoms with Crippen LogP contribution in [0.15, 0.2) is 47.6 Å². The molecule has 0 heterocycles. The second kappa shape index (κ2) is 11.0. The van der Waals surface area contributed by atoms with Gasteiger partial charge in [0.25, 0.3) is 11.8 Å². The molecule has 0 saturated heterocycles. The molecule has 2 rings (SSSR count). The molecule has 0 fully saturated rings. The van der Waals surface area contributed by atoms with E-state index in [0.717, 1.165) is 0 Å². The number of hydrazone groups is 1. The Bertz CT molecular complexity index is 934. The summed E-state index contributed by atoms with van der Waals surface area (Å²) < 4.78 is 15.7. The van der Waals surface area contributed by atoms with Crippen molar-refractivity contribution >= 4 is 18.0 Å². The molecule has 0 saturated carbocycles. The summed E-state index contributed by atoms with van der Waals surface area (Å²) in [6.45, 7) is -0.114. The minimum absolute atomic E-state index is 0.125. The van der Waals surface area contributed by atoms with Crippen molar-refractivity contribution in [3.8, 4) is 29.6 Å². The molecule has 8 nitrogen and oxygen atoms in total. The largest absolute Gasteiger partial charge is 0.496 e. The van der Waals surface area contributed by atoms with E-state index in [2.05, 4.69) is 21.8 Å². The van der Waals surface area contributed by atoms with Gasteiger partial charge < -0.3 is 19.5 Å². The van der Waals surface area contributed by atoms with Crippen molar-refractivity contribution in [2.45, 2.75) is 0 Å². The van der Waals surface area contributed by atoms with Crippen LogP contribution >= 0.6 is 0 Å². The van der Waals surface area contributed by atoms with Gasteiger partial charge in [0, 0.05) is 0 Å². The van der Waals surface area contributed by atoms with Crippen LogP contribution in [-0.2, 0) is 4.79 Å². The molecule has 0 radical (unpaired) electrons. The number of carbonyl (C=O) groups is 2. The number of methoxy groups -OCH3 is 2. The van der Waals surface area contributed by atoms with Gasteiger partial charge in [-0.3, -0.25) is 9.59 Å². The first kappa shape index (κ1) is 21.3. The zero-order valence-corrected chi connectivity index (χ0v) is 16.1. The van der Waals surface area contributed by atoms with Gasteiger partial charge in [-0.2, -0.15) is 5.10 Å². The lowest BCUT2D eigenvalue weighted by Gasteiger charge is -2.09. The minimum atomic E-state index is -0.481. The number of rotatable bonds is 9. The monoisotopic (exact) mass is 395 g/mol. The van der Waals surface area contributed by atoms with E-state index in [0.29, 0.717) is 28.4 Å². The molecule has 0 unspecified atom stereocenters. The molecule has 150 valence electrons. The molecule has 2 aromatic rings. The van der Waals surface area contributed by atoms with Crippen molar-refractivity contribution in [3.05, 3.63) is 53.6 Å².